The van der Waals surface area contributed by atoms with Crippen molar-refractivity contribution in [2.75, 3.05) is 19.6 Å². The third-order valence-corrected chi connectivity index (χ3v) is 4.67. The minimum atomic E-state index is -0.0290. The highest BCUT2D eigenvalue weighted by Crippen LogP contribution is 2.08. The Morgan fingerprint density at radius 3 is 2.63 bits per heavy atom. The van der Waals surface area contributed by atoms with Gasteiger partial charge in [0.25, 0.3) is 5.91 Å². The van der Waals surface area contributed by atoms with E-state index in [0.29, 0.717) is 18.7 Å². The fraction of sp³-hybridized carbons (Fsp3) is 0.400. The summed E-state index contributed by atoms with van der Waals surface area (Å²) in [7, 11) is 0. The van der Waals surface area contributed by atoms with Crippen molar-refractivity contribution in [3.8, 4) is 0 Å². The van der Waals surface area contributed by atoms with E-state index in [4.69, 9.17) is 0 Å². The molecule has 1 heterocycles. The maximum atomic E-state index is 12.1. The number of nitrogens with one attached hydrogen (secondary N) is 3. The molecule has 0 aliphatic carbocycles. The average molecular weight is 500 g/mol. The second-order valence-electron chi connectivity index (χ2n) is 5.91. The first-order valence-electron chi connectivity index (χ1n) is 9.14. The van der Waals surface area contributed by atoms with E-state index in [2.05, 4.69) is 45.4 Å². The van der Waals surface area contributed by atoms with Crippen LogP contribution in [0.2, 0.25) is 0 Å². The van der Waals surface area contributed by atoms with Crippen LogP contribution in [0.4, 0.5) is 0 Å². The summed E-state index contributed by atoms with van der Waals surface area (Å²) < 4.78 is 0. The Morgan fingerprint density at radius 1 is 1.07 bits per heavy atom. The van der Waals surface area contributed by atoms with Crippen molar-refractivity contribution in [1.29, 1.82) is 0 Å². The van der Waals surface area contributed by atoms with E-state index in [1.165, 1.54) is 4.88 Å². The van der Waals surface area contributed by atoms with Crippen molar-refractivity contribution < 1.29 is 4.79 Å². The highest BCUT2D eigenvalue weighted by molar-refractivity contribution is 14.0. The minimum absolute atomic E-state index is 0. The van der Waals surface area contributed by atoms with Gasteiger partial charge in [0.05, 0.1) is 6.54 Å². The zero-order valence-corrected chi connectivity index (χ0v) is 19.1. The summed E-state index contributed by atoms with van der Waals surface area (Å²) in [5.41, 5.74) is 1.70. The lowest BCUT2D eigenvalue weighted by Gasteiger charge is -2.11. The third kappa shape index (κ3) is 8.75. The number of benzene rings is 1. The molecule has 3 N–H and O–H groups in total. The van der Waals surface area contributed by atoms with Crippen LogP contribution in [0.25, 0.3) is 0 Å². The average Bonchev–Trinajstić information content (AvgIpc) is 3.18. The number of guanidine groups is 1. The zero-order chi connectivity index (χ0) is 18.6. The normalized spacial score (nSPS) is 10.8. The van der Waals surface area contributed by atoms with Crippen LogP contribution < -0.4 is 16.0 Å². The largest absolute Gasteiger partial charge is 0.357 e. The predicted molar refractivity (Wildman–Crippen MR) is 125 cm³/mol. The van der Waals surface area contributed by atoms with E-state index in [-0.39, 0.29) is 29.9 Å². The van der Waals surface area contributed by atoms with Crippen LogP contribution in [0.3, 0.4) is 0 Å². The van der Waals surface area contributed by atoms with E-state index in [1.54, 1.807) is 11.3 Å². The van der Waals surface area contributed by atoms with Crippen molar-refractivity contribution in [1.82, 2.24) is 16.0 Å². The number of carbonyl (C=O) groups is 1. The highest BCUT2D eigenvalue weighted by Gasteiger charge is 2.05. The molecule has 5 nitrogen and oxygen atoms in total. The first-order valence-corrected chi connectivity index (χ1v) is 10.0. The zero-order valence-electron chi connectivity index (χ0n) is 16.0. The molecule has 0 spiro atoms. The number of rotatable bonds is 9. The van der Waals surface area contributed by atoms with E-state index >= 15 is 0 Å². The van der Waals surface area contributed by atoms with Gasteiger partial charge in [0.1, 0.15) is 0 Å². The quantitative estimate of drug-likeness (QED) is 0.279. The second-order valence-corrected chi connectivity index (χ2v) is 6.94. The van der Waals surface area contributed by atoms with Gasteiger partial charge < -0.3 is 16.0 Å². The fourth-order valence-corrected chi connectivity index (χ4v) is 3.13. The maximum Gasteiger partial charge on any atom is 0.251 e. The number of thiophene rings is 1. The molecule has 1 aromatic carbocycles. The van der Waals surface area contributed by atoms with Gasteiger partial charge in [-0.2, -0.15) is 0 Å². The molecule has 148 valence electrons. The summed E-state index contributed by atoms with van der Waals surface area (Å²) in [4.78, 5) is 18.1. The smallest absolute Gasteiger partial charge is 0.251 e. The summed E-state index contributed by atoms with van der Waals surface area (Å²) in [5, 5.41) is 11.6. The van der Waals surface area contributed by atoms with Crippen molar-refractivity contribution in [2.45, 2.75) is 33.2 Å². The van der Waals surface area contributed by atoms with E-state index in [1.807, 2.05) is 31.2 Å². The summed E-state index contributed by atoms with van der Waals surface area (Å²) in [6.07, 6.45) is 1.91. The van der Waals surface area contributed by atoms with E-state index in [0.717, 1.165) is 37.5 Å². The molecular weight excluding hydrogens is 471 g/mol. The molecule has 1 aromatic heterocycles. The Bertz CT molecular complexity index is 704. The Hall–Kier alpha value is -1.61. The van der Waals surface area contributed by atoms with Gasteiger partial charge in [-0.3, -0.25) is 4.79 Å². The molecule has 0 saturated heterocycles. The molecule has 0 fully saturated rings. The van der Waals surface area contributed by atoms with E-state index in [9.17, 15) is 4.79 Å². The molecule has 0 radical (unpaired) electrons. The number of halogens is 1. The molecule has 0 unspecified atom stereocenters. The van der Waals surface area contributed by atoms with Crippen LogP contribution in [-0.4, -0.2) is 31.5 Å². The predicted octanol–water partition coefficient (Wildman–Crippen LogP) is 3.80. The third-order valence-electron chi connectivity index (χ3n) is 3.73. The van der Waals surface area contributed by atoms with Crippen molar-refractivity contribution in [3.63, 3.8) is 0 Å². The molecule has 2 rings (SSSR count). The molecule has 1 amide bonds. The lowest BCUT2D eigenvalue weighted by atomic mass is 10.1. The molecule has 7 heteroatoms. The van der Waals surface area contributed by atoms with Gasteiger partial charge in [-0.15, -0.1) is 35.3 Å². The van der Waals surface area contributed by atoms with Gasteiger partial charge in [0.15, 0.2) is 5.96 Å². The van der Waals surface area contributed by atoms with E-state index < -0.39 is 0 Å². The number of amides is 1. The van der Waals surface area contributed by atoms with Crippen LogP contribution in [0.1, 0.15) is 41.1 Å². The Balaban J connectivity index is 0.00000364. The van der Waals surface area contributed by atoms with Crippen molar-refractivity contribution in [2.24, 2.45) is 4.99 Å². The Labute approximate surface area is 183 Å². The minimum Gasteiger partial charge on any atom is -0.357 e. The van der Waals surface area contributed by atoms with Gasteiger partial charge in [-0.1, -0.05) is 25.1 Å². The molecule has 0 atom stereocenters. The number of carbonyl (C=O) groups excluding carboxylic acids is 1. The standard InChI is InChI=1S/C20H28N4OS.HI/c1-3-11-22-19(25)17-8-5-7-16(14-17)15-24-20(21-4-2)23-12-10-18-9-6-13-26-18;/h5-9,13-14H,3-4,10-12,15H2,1-2H3,(H,22,25)(H2,21,23,24);1H. The summed E-state index contributed by atoms with van der Waals surface area (Å²) in [5.74, 6) is 0.767. The number of hydrogen-bond acceptors (Lipinski definition) is 3. The monoisotopic (exact) mass is 500 g/mol. The second kappa shape index (κ2) is 13.5. The molecule has 2 aromatic rings. The number of nitrogens with zero attached hydrogens (tertiary/aromatic N) is 1. The molecule has 0 saturated carbocycles. The summed E-state index contributed by atoms with van der Waals surface area (Å²) in [6.45, 7) is 6.97. The lowest BCUT2D eigenvalue weighted by Crippen LogP contribution is -2.38. The SMILES string of the molecule is CCCNC(=O)c1cccc(CN=C(NCC)NCCc2cccs2)c1.I. The molecule has 0 aliphatic rings. The van der Waals surface area contributed by atoms with Crippen LogP contribution in [0, 0.1) is 0 Å². The first kappa shape index (κ1) is 23.4. The fourth-order valence-electron chi connectivity index (χ4n) is 2.42. The molecule has 0 bridgehead atoms. The van der Waals surface area contributed by atoms with Crippen LogP contribution in [-0.2, 0) is 13.0 Å². The van der Waals surface area contributed by atoms with Crippen LogP contribution >= 0.6 is 35.3 Å². The Kier molecular flexibility index (Phi) is 11.8. The van der Waals surface area contributed by atoms with Gasteiger partial charge >= 0.3 is 0 Å². The lowest BCUT2D eigenvalue weighted by molar-refractivity contribution is 0.0953. The van der Waals surface area contributed by atoms with Gasteiger partial charge in [0.2, 0.25) is 0 Å². The van der Waals surface area contributed by atoms with Crippen molar-refractivity contribution in [3.05, 3.63) is 57.8 Å². The molecular formula is C20H29IN4OS. The van der Waals surface area contributed by atoms with Crippen LogP contribution in [0.15, 0.2) is 46.8 Å². The molecule has 0 aliphatic heterocycles. The molecule has 27 heavy (non-hydrogen) atoms. The van der Waals surface area contributed by atoms with Gasteiger partial charge in [-0.05, 0) is 48.9 Å². The number of aliphatic imine (C=N–C) groups is 1. The summed E-state index contributed by atoms with van der Waals surface area (Å²) in [6, 6.07) is 11.9. The highest BCUT2D eigenvalue weighted by atomic mass is 127. The van der Waals surface area contributed by atoms with Gasteiger partial charge in [0, 0.05) is 30.1 Å². The summed E-state index contributed by atoms with van der Waals surface area (Å²) >= 11 is 1.77. The number of hydrogen-bond donors (Lipinski definition) is 3. The first-order chi connectivity index (χ1) is 12.7. The van der Waals surface area contributed by atoms with Crippen LogP contribution in [0.5, 0.6) is 0 Å². The van der Waals surface area contributed by atoms with Crippen molar-refractivity contribution >= 4 is 47.2 Å². The topological polar surface area (TPSA) is 65.5 Å². The Morgan fingerprint density at radius 2 is 1.93 bits per heavy atom. The van der Waals surface area contributed by atoms with Gasteiger partial charge in [-0.25, -0.2) is 4.99 Å². The maximum absolute atomic E-state index is 12.1.